The molecule has 0 unspecified atom stereocenters. The van der Waals surface area contributed by atoms with Crippen molar-refractivity contribution in [2.45, 2.75) is 13.5 Å². The summed E-state index contributed by atoms with van der Waals surface area (Å²) in [6, 6.07) is 8.00. The number of hydrogen-bond donors (Lipinski definition) is 1. The maximum Gasteiger partial charge on any atom is 0.150 e. The van der Waals surface area contributed by atoms with Gasteiger partial charge in [0, 0.05) is 18.8 Å². The normalized spacial score (nSPS) is 10.7. The summed E-state index contributed by atoms with van der Waals surface area (Å²) >= 11 is 0. The number of hydrogen-bond acceptors (Lipinski definition) is 2. The zero-order valence-corrected chi connectivity index (χ0v) is 11.0. The van der Waals surface area contributed by atoms with Crippen LogP contribution in [-0.2, 0) is 6.54 Å². The van der Waals surface area contributed by atoms with Crippen LogP contribution in [0.5, 0.6) is 0 Å². The van der Waals surface area contributed by atoms with Gasteiger partial charge in [-0.25, -0.2) is 13.2 Å². The van der Waals surface area contributed by atoms with E-state index in [1.165, 1.54) is 35.2 Å². The molecule has 0 saturated heterocycles. The molecular formula is C15H15F3N2. The van der Waals surface area contributed by atoms with E-state index in [9.17, 15) is 13.2 Å². The number of rotatable bonds is 4. The van der Waals surface area contributed by atoms with E-state index in [1.54, 1.807) is 13.0 Å². The number of nitrogens with zero attached hydrogens (tertiary/aromatic N) is 1. The van der Waals surface area contributed by atoms with Crippen molar-refractivity contribution in [2.75, 3.05) is 11.4 Å². The summed E-state index contributed by atoms with van der Waals surface area (Å²) < 4.78 is 41.4. The van der Waals surface area contributed by atoms with Gasteiger partial charge in [0.25, 0.3) is 0 Å². The fourth-order valence-electron chi connectivity index (χ4n) is 2.11. The van der Waals surface area contributed by atoms with E-state index in [-0.39, 0.29) is 12.2 Å². The Kier molecular flexibility index (Phi) is 4.29. The summed E-state index contributed by atoms with van der Waals surface area (Å²) in [7, 11) is 0. The van der Waals surface area contributed by atoms with Crippen LogP contribution < -0.4 is 10.6 Å². The first-order chi connectivity index (χ1) is 9.56. The summed E-state index contributed by atoms with van der Waals surface area (Å²) in [6.07, 6.45) is 0. The number of halogens is 3. The summed E-state index contributed by atoms with van der Waals surface area (Å²) in [6.45, 7) is 2.10. The topological polar surface area (TPSA) is 29.3 Å². The van der Waals surface area contributed by atoms with Crippen LogP contribution >= 0.6 is 0 Å². The molecule has 0 aromatic heterocycles. The van der Waals surface area contributed by atoms with E-state index < -0.39 is 17.5 Å². The van der Waals surface area contributed by atoms with Crippen molar-refractivity contribution in [1.82, 2.24) is 0 Å². The van der Waals surface area contributed by atoms with Gasteiger partial charge in [-0.2, -0.15) is 0 Å². The second kappa shape index (κ2) is 5.96. The Bertz CT molecular complexity index is 591. The predicted octanol–water partition coefficient (Wildman–Crippen LogP) is 3.72. The minimum absolute atomic E-state index is 0.0558. The van der Waals surface area contributed by atoms with Gasteiger partial charge in [-0.15, -0.1) is 0 Å². The smallest absolute Gasteiger partial charge is 0.150 e. The molecule has 0 heterocycles. The third-order valence-electron chi connectivity index (χ3n) is 3.02. The third kappa shape index (κ3) is 2.77. The molecule has 0 bridgehead atoms. The molecule has 20 heavy (non-hydrogen) atoms. The Balaban J connectivity index is 2.52. The van der Waals surface area contributed by atoms with Gasteiger partial charge in [0.1, 0.15) is 23.1 Å². The van der Waals surface area contributed by atoms with Gasteiger partial charge < -0.3 is 10.6 Å². The third-order valence-corrected chi connectivity index (χ3v) is 3.02. The zero-order valence-electron chi connectivity index (χ0n) is 11.0. The molecule has 0 amide bonds. The molecule has 2 rings (SSSR count). The van der Waals surface area contributed by atoms with E-state index in [0.29, 0.717) is 17.8 Å². The Morgan fingerprint density at radius 2 is 1.70 bits per heavy atom. The first kappa shape index (κ1) is 14.4. The molecule has 0 saturated carbocycles. The molecule has 0 aliphatic carbocycles. The minimum Gasteiger partial charge on any atom is -0.337 e. The fraction of sp³-hybridized carbons (Fsp3) is 0.200. The highest BCUT2D eigenvalue weighted by Crippen LogP contribution is 2.31. The maximum absolute atomic E-state index is 14.1. The van der Waals surface area contributed by atoms with E-state index in [4.69, 9.17) is 5.73 Å². The lowest BCUT2D eigenvalue weighted by molar-refractivity contribution is 0.577. The van der Waals surface area contributed by atoms with Crippen LogP contribution in [0.15, 0.2) is 36.4 Å². The van der Waals surface area contributed by atoms with E-state index >= 15 is 0 Å². The van der Waals surface area contributed by atoms with Gasteiger partial charge >= 0.3 is 0 Å². The Labute approximate surface area is 115 Å². The van der Waals surface area contributed by atoms with Crippen molar-refractivity contribution < 1.29 is 13.2 Å². The Morgan fingerprint density at radius 3 is 2.20 bits per heavy atom. The van der Waals surface area contributed by atoms with Gasteiger partial charge in [0.2, 0.25) is 0 Å². The molecule has 0 aliphatic heterocycles. The molecule has 106 valence electrons. The van der Waals surface area contributed by atoms with Crippen LogP contribution in [0.3, 0.4) is 0 Å². The van der Waals surface area contributed by atoms with Gasteiger partial charge in [0.15, 0.2) is 0 Å². The summed E-state index contributed by atoms with van der Waals surface area (Å²) in [5.41, 5.74) is 5.95. The van der Waals surface area contributed by atoms with Crippen molar-refractivity contribution in [3.05, 3.63) is 59.4 Å². The van der Waals surface area contributed by atoms with Crippen molar-refractivity contribution in [3.8, 4) is 0 Å². The molecule has 5 heteroatoms. The van der Waals surface area contributed by atoms with Crippen LogP contribution in [0.1, 0.15) is 12.5 Å². The number of benzene rings is 2. The van der Waals surface area contributed by atoms with Crippen LogP contribution in [0.2, 0.25) is 0 Å². The van der Waals surface area contributed by atoms with Crippen LogP contribution in [0.4, 0.5) is 24.5 Å². The van der Waals surface area contributed by atoms with Gasteiger partial charge in [-0.3, -0.25) is 0 Å². The van der Waals surface area contributed by atoms with Crippen LogP contribution in [0, 0.1) is 17.5 Å². The second-order valence-corrected chi connectivity index (χ2v) is 4.34. The lowest BCUT2D eigenvalue weighted by Crippen LogP contribution is -2.19. The molecule has 2 aromatic rings. The standard InChI is InChI=1S/C15H15F3N2/c1-2-20(12-5-3-4-11(16)8-12)15-13(17)6-10(9-19)7-14(15)18/h3-8H,2,9,19H2,1H3. The van der Waals surface area contributed by atoms with Crippen molar-refractivity contribution in [1.29, 1.82) is 0 Å². The number of nitrogens with two attached hydrogens (primary N) is 1. The minimum atomic E-state index is -0.712. The van der Waals surface area contributed by atoms with E-state index in [1.807, 2.05) is 0 Å². The van der Waals surface area contributed by atoms with Crippen LogP contribution in [-0.4, -0.2) is 6.54 Å². The van der Waals surface area contributed by atoms with Crippen molar-refractivity contribution >= 4 is 11.4 Å². The second-order valence-electron chi connectivity index (χ2n) is 4.34. The maximum atomic E-state index is 14.1. The lowest BCUT2D eigenvalue weighted by Gasteiger charge is -2.24. The van der Waals surface area contributed by atoms with Gasteiger partial charge in [0.05, 0.1) is 0 Å². The fourth-order valence-corrected chi connectivity index (χ4v) is 2.11. The highest BCUT2D eigenvalue weighted by Gasteiger charge is 2.18. The van der Waals surface area contributed by atoms with Crippen molar-refractivity contribution in [3.63, 3.8) is 0 Å². The van der Waals surface area contributed by atoms with Gasteiger partial charge in [-0.05, 0) is 42.8 Å². The van der Waals surface area contributed by atoms with E-state index in [2.05, 4.69) is 0 Å². The molecule has 0 radical (unpaired) electrons. The molecule has 0 aliphatic rings. The first-order valence-electron chi connectivity index (χ1n) is 6.28. The van der Waals surface area contributed by atoms with E-state index in [0.717, 1.165) is 0 Å². The first-order valence-corrected chi connectivity index (χ1v) is 6.28. The largest absolute Gasteiger partial charge is 0.337 e. The molecular weight excluding hydrogens is 265 g/mol. The summed E-state index contributed by atoms with van der Waals surface area (Å²) in [5, 5.41) is 0. The Hall–Kier alpha value is -2.01. The predicted molar refractivity (Wildman–Crippen MR) is 73.3 cm³/mol. The molecule has 2 aromatic carbocycles. The SMILES string of the molecule is CCN(c1cccc(F)c1)c1c(F)cc(CN)cc1F. The molecule has 2 N–H and O–H groups in total. The molecule has 0 spiro atoms. The van der Waals surface area contributed by atoms with Crippen LogP contribution in [0.25, 0.3) is 0 Å². The average Bonchev–Trinajstić information content (AvgIpc) is 2.42. The zero-order chi connectivity index (χ0) is 14.7. The number of anilines is 2. The highest BCUT2D eigenvalue weighted by molar-refractivity contribution is 5.64. The lowest BCUT2D eigenvalue weighted by atomic mass is 10.1. The summed E-state index contributed by atoms with van der Waals surface area (Å²) in [5.74, 6) is -1.88. The molecule has 0 atom stereocenters. The average molecular weight is 280 g/mol. The quantitative estimate of drug-likeness (QED) is 0.924. The molecule has 2 nitrogen and oxygen atoms in total. The molecule has 0 fully saturated rings. The van der Waals surface area contributed by atoms with Gasteiger partial charge in [-0.1, -0.05) is 6.07 Å². The Morgan fingerprint density at radius 1 is 1.05 bits per heavy atom. The summed E-state index contributed by atoms with van der Waals surface area (Å²) in [4.78, 5) is 1.38. The monoisotopic (exact) mass is 280 g/mol. The van der Waals surface area contributed by atoms with Crippen molar-refractivity contribution in [2.24, 2.45) is 5.73 Å². The highest BCUT2D eigenvalue weighted by atomic mass is 19.1.